The van der Waals surface area contributed by atoms with E-state index < -0.39 is 6.09 Å². The summed E-state index contributed by atoms with van der Waals surface area (Å²) in [5.74, 6) is 0.402. The van der Waals surface area contributed by atoms with Crippen LogP contribution in [0.25, 0.3) is 0 Å². The summed E-state index contributed by atoms with van der Waals surface area (Å²) in [4.78, 5) is 25.6. The SMILES string of the molecule is CCOC(=O)NNc1cc2c(nn1)CC1CCCC2N1C(=O)OCC. The van der Waals surface area contributed by atoms with Gasteiger partial charge in [-0.2, -0.15) is 5.10 Å². The molecule has 1 aromatic rings. The summed E-state index contributed by atoms with van der Waals surface area (Å²) in [5, 5.41) is 8.37. The first-order valence-electron chi connectivity index (χ1n) is 8.64. The van der Waals surface area contributed by atoms with Crippen LogP contribution in [-0.4, -0.2) is 46.5 Å². The molecule has 9 nitrogen and oxygen atoms in total. The standard InChI is InChI=1S/C16H23N5O4/c1-3-24-15(22)20-19-14-9-11-12(17-18-14)8-10-6-5-7-13(11)21(10)16(23)25-4-2/h9-10,13H,3-8H2,1-2H3,(H,18,19)(H,20,22). The van der Waals surface area contributed by atoms with Gasteiger partial charge in [-0.15, -0.1) is 5.10 Å². The Kier molecular flexibility index (Phi) is 5.20. The average Bonchev–Trinajstić information content (AvgIpc) is 2.60. The molecular formula is C16H23N5O4. The summed E-state index contributed by atoms with van der Waals surface area (Å²) >= 11 is 0. The van der Waals surface area contributed by atoms with Crippen LogP contribution in [-0.2, 0) is 15.9 Å². The first-order chi connectivity index (χ1) is 12.1. The number of carbonyl (C=O) groups excluding carboxylic acids is 2. The van der Waals surface area contributed by atoms with E-state index in [0.717, 1.165) is 30.5 Å². The van der Waals surface area contributed by atoms with Gasteiger partial charge < -0.3 is 9.47 Å². The number of ether oxygens (including phenoxy) is 2. The van der Waals surface area contributed by atoms with Gasteiger partial charge in [0.2, 0.25) is 0 Å². The van der Waals surface area contributed by atoms with Gasteiger partial charge in [-0.1, -0.05) is 0 Å². The molecule has 136 valence electrons. The Balaban J connectivity index is 1.80. The van der Waals surface area contributed by atoms with Gasteiger partial charge in [-0.05, 0) is 39.2 Å². The molecule has 9 heteroatoms. The van der Waals surface area contributed by atoms with Crippen LogP contribution in [0, 0.1) is 0 Å². The second-order valence-corrected chi connectivity index (χ2v) is 6.01. The van der Waals surface area contributed by atoms with Crippen molar-refractivity contribution < 1.29 is 19.1 Å². The van der Waals surface area contributed by atoms with Gasteiger partial charge in [0.25, 0.3) is 0 Å². The van der Waals surface area contributed by atoms with Crippen LogP contribution in [0.15, 0.2) is 6.07 Å². The van der Waals surface area contributed by atoms with Gasteiger partial charge in [0.15, 0.2) is 5.82 Å². The van der Waals surface area contributed by atoms with E-state index in [4.69, 9.17) is 9.47 Å². The van der Waals surface area contributed by atoms with Crippen molar-refractivity contribution in [2.75, 3.05) is 18.6 Å². The zero-order valence-electron chi connectivity index (χ0n) is 14.4. The van der Waals surface area contributed by atoms with E-state index in [0.29, 0.717) is 18.8 Å². The molecule has 0 aromatic carbocycles. The molecule has 2 aliphatic heterocycles. The highest BCUT2D eigenvalue weighted by atomic mass is 16.6. The lowest BCUT2D eigenvalue weighted by Crippen LogP contribution is -2.50. The molecule has 3 rings (SSSR count). The first-order valence-corrected chi connectivity index (χ1v) is 8.64. The van der Waals surface area contributed by atoms with E-state index >= 15 is 0 Å². The summed E-state index contributed by atoms with van der Waals surface area (Å²) in [6, 6.07) is 1.86. The molecule has 1 aromatic heterocycles. The number of anilines is 1. The fraction of sp³-hybridized carbons (Fsp3) is 0.625. The Bertz CT molecular complexity index is 653. The van der Waals surface area contributed by atoms with E-state index in [2.05, 4.69) is 21.0 Å². The number of nitrogens with zero attached hydrogens (tertiary/aromatic N) is 3. The zero-order valence-corrected chi connectivity index (χ0v) is 14.4. The highest BCUT2D eigenvalue weighted by Crippen LogP contribution is 2.41. The number of fused-ring (bicyclic) bond motifs is 4. The van der Waals surface area contributed by atoms with Crippen LogP contribution in [0.4, 0.5) is 15.4 Å². The summed E-state index contributed by atoms with van der Waals surface area (Å²) in [7, 11) is 0. The molecule has 1 fully saturated rings. The molecule has 0 radical (unpaired) electrons. The van der Waals surface area contributed by atoms with Gasteiger partial charge in [0.1, 0.15) is 0 Å². The number of piperidine rings is 1. The van der Waals surface area contributed by atoms with Crippen molar-refractivity contribution in [2.45, 2.75) is 51.6 Å². The molecule has 0 saturated carbocycles. The second-order valence-electron chi connectivity index (χ2n) is 6.01. The molecule has 3 heterocycles. The largest absolute Gasteiger partial charge is 0.450 e. The number of aromatic nitrogens is 2. The fourth-order valence-corrected chi connectivity index (χ4v) is 3.50. The molecule has 1 saturated heterocycles. The topological polar surface area (TPSA) is 106 Å². The third kappa shape index (κ3) is 3.59. The van der Waals surface area contributed by atoms with Crippen LogP contribution >= 0.6 is 0 Å². The molecule has 2 aliphatic rings. The molecule has 2 unspecified atom stereocenters. The van der Waals surface area contributed by atoms with Crippen molar-refractivity contribution in [2.24, 2.45) is 0 Å². The second kappa shape index (κ2) is 7.54. The molecule has 2 N–H and O–H groups in total. The quantitative estimate of drug-likeness (QED) is 0.802. The van der Waals surface area contributed by atoms with E-state index in [1.165, 1.54) is 0 Å². The summed E-state index contributed by atoms with van der Waals surface area (Å²) in [5.41, 5.74) is 6.94. The number of hydrazine groups is 1. The lowest BCUT2D eigenvalue weighted by atomic mass is 9.83. The number of amides is 2. The van der Waals surface area contributed by atoms with Crippen molar-refractivity contribution in [3.8, 4) is 0 Å². The van der Waals surface area contributed by atoms with Crippen LogP contribution in [0.3, 0.4) is 0 Å². The van der Waals surface area contributed by atoms with Crippen molar-refractivity contribution in [1.82, 2.24) is 20.5 Å². The Morgan fingerprint density at radius 1 is 1.24 bits per heavy atom. The monoisotopic (exact) mass is 349 g/mol. The smallest absolute Gasteiger partial charge is 0.425 e. The van der Waals surface area contributed by atoms with E-state index in [1.54, 1.807) is 13.8 Å². The third-order valence-corrected chi connectivity index (χ3v) is 4.48. The van der Waals surface area contributed by atoms with Crippen molar-refractivity contribution >= 4 is 18.0 Å². The summed E-state index contributed by atoms with van der Waals surface area (Å²) < 4.78 is 10.0. The number of carbonyl (C=O) groups is 2. The Labute approximate surface area is 146 Å². The van der Waals surface area contributed by atoms with Gasteiger partial charge in [-0.25, -0.2) is 15.0 Å². The molecule has 0 spiro atoms. The van der Waals surface area contributed by atoms with Crippen LogP contribution in [0.5, 0.6) is 0 Å². The van der Waals surface area contributed by atoms with Gasteiger partial charge in [0.05, 0.1) is 24.9 Å². The highest BCUT2D eigenvalue weighted by Gasteiger charge is 2.41. The molecule has 2 bridgehead atoms. The maximum atomic E-state index is 12.4. The lowest BCUT2D eigenvalue weighted by molar-refractivity contribution is 0.0403. The summed E-state index contributed by atoms with van der Waals surface area (Å²) in [6.07, 6.45) is 2.66. The normalized spacial score (nSPS) is 21.1. The molecule has 2 amide bonds. The minimum atomic E-state index is -0.590. The van der Waals surface area contributed by atoms with E-state index in [1.807, 2.05) is 11.0 Å². The lowest BCUT2D eigenvalue weighted by Gasteiger charge is -2.45. The van der Waals surface area contributed by atoms with Crippen LogP contribution < -0.4 is 10.9 Å². The van der Waals surface area contributed by atoms with Gasteiger partial charge in [-0.3, -0.25) is 10.3 Å². The first kappa shape index (κ1) is 17.2. The maximum absolute atomic E-state index is 12.4. The minimum Gasteiger partial charge on any atom is -0.450 e. The third-order valence-electron chi connectivity index (χ3n) is 4.48. The fourth-order valence-electron chi connectivity index (χ4n) is 3.50. The zero-order chi connectivity index (χ0) is 17.8. The molecule has 2 atom stereocenters. The van der Waals surface area contributed by atoms with Crippen LogP contribution in [0.1, 0.15) is 50.4 Å². The van der Waals surface area contributed by atoms with E-state index in [-0.39, 0.29) is 24.8 Å². The van der Waals surface area contributed by atoms with Crippen LogP contribution in [0.2, 0.25) is 0 Å². The van der Waals surface area contributed by atoms with Gasteiger partial charge >= 0.3 is 12.2 Å². The minimum absolute atomic E-state index is 0.0693. The summed E-state index contributed by atoms with van der Waals surface area (Å²) in [6.45, 7) is 4.16. The molecule has 0 aliphatic carbocycles. The predicted molar refractivity (Wildman–Crippen MR) is 88.8 cm³/mol. The van der Waals surface area contributed by atoms with E-state index in [9.17, 15) is 9.59 Å². The number of nitrogens with one attached hydrogen (secondary N) is 2. The maximum Gasteiger partial charge on any atom is 0.425 e. The van der Waals surface area contributed by atoms with Crippen molar-refractivity contribution in [3.63, 3.8) is 0 Å². The van der Waals surface area contributed by atoms with Crippen molar-refractivity contribution in [1.29, 1.82) is 0 Å². The predicted octanol–water partition coefficient (Wildman–Crippen LogP) is 2.16. The highest BCUT2D eigenvalue weighted by molar-refractivity contribution is 5.70. The van der Waals surface area contributed by atoms with Crippen molar-refractivity contribution in [3.05, 3.63) is 17.3 Å². The Morgan fingerprint density at radius 3 is 2.80 bits per heavy atom. The number of hydrogen-bond donors (Lipinski definition) is 2. The van der Waals surface area contributed by atoms with Gasteiger partial charge in [0, 0.05) is 18.0 Å². The Hall–Kier alpha value is -2.58. The molecule has 25 heavy (non-hydrogen) atoms. The Morgan fingerprint density at radius 2 is 2.04 bits per heavy atom. The number of rotatable bonds is 4. The average molecular weight is 349 g/mol. The number of hydrogen-bond acceptors (Lipinski definition) is 7. The molecular weight excluding hydrogens is 326 g/mol.